The van der Waals surface area contributed by atoms with Gasteiger partial charge in [-0.15, -0.1) is 0 Å². The summed E-state index contributed by atoms with van der Waals surface area (Å²) in [7, 11) is 0. The van der Waals surface area contributed by atoms with Crippen LogP contribution < -0.4 is 0 Å². The van der Waals surface area contributed by atoms with E-state index >= 15 is 0 Å². The van der Waals surface area contributed by atoms with Crippen molar-refractivity contribution in [2.24, 2.45) is 5.92 Å². The van der Waals surface area contributed by atoms with E-state index in [0.29, 0.717) is 5.69 Å². The summed E-state index contributed by atoms with van der Waals surface area (Å²) in [6.45, 7) is 0.801. The minimum atomic E-state index is -4.15. The van der Waals surface area contributed by atoms with Gasteiger partial charge >= 0.3 is 12.1 Å². The first-order valence-corrected chi connectivity index (χ1v) is 6.19. The molecular formula is C12H14F3N3O2. The second-order valence-corrected chi connectivity index (χ2v) is 4.78. The van der Waals surface area contributed by atoms with Gasteiger partial charge in [0, 0.05) is 12.7 Å². The quantitative estimate of drug-likeness (QED) is 0.921. The van der Waals surface area contributed by atoms with Crippen molar-refractivity contribution in [1.82, 2.24) is 14.9 Å². The zero-order valence-electron chi connectivity index (χ0n) is 10.6. The molecule has 0 saturated carbocycles. The first-order valence-electron chi connectivity index (χ1n) is 6.19. The van der Waals surface area contributed by atoms with Gasteiger partial charge in [-0.3, -0.25) is 4.90 Å². The zero-order valence-corrected chi connectivity index (χ0v) is 10.6. The van der Waals surface area contributed by atoms with Crippen LogP contribution in [0.2, 0.25) is 0 Å². The van der Waals surface area contributed by atoms with Crippen LogP contribution in [0, 0.1) is 5.92 Å². The lowest BCUT2D eigenvalue weighted by atomic mass is 9.96. The van der Waals surface area contributed by atoms with Crippen LogP contribution in [0.1, 0.15) is 28.9 Å². The standard InChI is InChI=1S/C12H14F3N3O2/c13-12(14,15)8-1-3-18(4-2-8)6-10-9(11(19)20)5-16-7-17-10/h5,7-8H,1-4,6H2,(H,19,20). The highest BCUT2D eigenvalue weighted by Crippen LogP contribution is 2.34. The van der Waals surface area contributed by atoms with Gasteiger partial charge < -0.3 is 5.11 Å². The van der Waals surface area contributed by atoms with Crippen molar-refractivity contribution >= 4 is 5.97 Å². The van der Waals surface area contributed by atoms with E-state index in [1.807, 2.05) is 0 Å². The van der Waals surface area contributed by atoms with Crippen molar-refractivity contribution in [2.45, 2.75) is 25.6 Å². The highest BCUT2D eigenvalue weighted by Gasteiger charge is 2.41. The van der Waals surface area contributed by atoms with Gasteiger partial charge in [0.2, 0.25) is 0 Å². The van der Waals surface area contributed by atoms with Gasteiger partial charge in [0.05, 0.1) is 11.6 Å². The maximum atomic E-state index is 12.5. The molecule has 20 heavy (non-hydrogen) atoms. The summed E-state index contributed by atoms with van der Waals surface area (Å²) in [4.78, 5) is 20.3. The number of hydrogen-bond acceptors (Lipinski definition) is 4. The molecule has 1 saturated heterocycles. The number of hydrogen-bond donors (Lipinski definition) is 1. The predicted molar refractivity (Wildman–Crippen MR) is 63.0 cm³/mol. The van der Waals surface area contributed by atoms with E-state index in [1.54, 1.807) is 4.90 Å². The van der Waals surface area contributed by atoms with Gasteiger partial charge in [-0.25, -0.2) is 14.8 Å². The first-order chi connectivity index (χ1) is 9.38. The Hall–Kier alpha value is -1.70. The van der Waals surface area contributed by atoms with E-state index in [1.165, 1.54) is 12.5 Å². The summed E-state index contributed by atoms with van der Waals surface area (Å²) < 4.78 is 37.6. The molecule has 0 amide bonds. The van der Waals surface area contributed by atoms with Gasteiger partial charge in [-0.2, -0.15) is 13.2 Å². The van der Waals surface area contributed by atoms with Crippen molar-refractivity contribution in [3.05, 3.63) is 23.8 Å². The molecular weight excluding hydrogens is 275 g/mol. The third kappa shape index (κ3) is 3.44. The molecule has 0 radical (unpaired) electrons. The van der Waals surface area contributed by atoms with Crippen LogP contribution in [0.25, 0.3) is 0 Å². The molecule has 1 aliphatic heterocycles. The summed E-state index contributed by atoms with van der Waals surface area (Å²) >= 11 is 0. The molecule has 0 unspecified atom stereocenters. The normalized spacial score (nSPS) is 18.1. The smallest absolute Gasteiger partial charge is 0.391 e. The average Bonchev–Trinajstić information content (AvgIpc) is 2.38. The number of carboxylic acid groups (broad SMARTS) is 1. The summed E-state index contributed by atoms with van der Waals surface area (Å²) in [5.41, 5.74) is 0.323. The molecule has 1 aromatic rings. The third-order valence-corrected chi connectivity index (χ3v) is 3.45. The Bertz CT molecular complexity index is 485. The fourth-order valence-electron chi connectivity index (χ4n) is 2.29. The van der Waals surface area contributed by atoms with E-state index < -0.39 is 18.1 Å². The van der Waals surface area contributed by atoms with Crippen molar-refractivity contribution in [3.63, 3.8) is 0 Å². The van der Waals surface area contributed by atoms with Gasteiger partial charge in [-0.1, -0.05) is 0 Å². The molecule has 1 N–H and O–H groups in total. The number of halogens is 3. The van der Waals surface area contributed by atoms with E-state index in [0.717, 1.165) is 0 Å². The van der Waals surface area contributed by atoms with Gasteiger partial charge in [0.15, 0.2) is 0 Å². The fourth-order valence-corrected chi connectivity index (χ4v) is 2.29. The van der Waals surface area contributed by atoms with Crippen LogP contribution in [0.5, 0.6) is 0 Å². The van der Waals surface area contributed by atoms with Crippen molar-refractivity contribution in [1.29, 1.82) is 0 Å². The van der Waals surface area contributed by atoms with Crippen LogP contribution >= 0.6 is 0 Å². The van der Waals surface area contributed by atoms with E-state index in [4.69, 9.17) is 5.11 Å². The molecule has 0 atom stereocenters. The first kappa shape index (κ1) is 14.7. The lowest BCUT2D eigenvalue weighted by Gasteiger charge is -2.32. The summed E-state index contributed by atoms with van der Waals surface area (Å²) in [6.07, 6.45) is -1.63. The van der Waals surface area contributed by atoms with Crippen molar-refractivity contribution in [2.75, 3.05) is 13.1 Å². The Morgan fingerprint density at radius 2 is 2.05 bits per heavy atom. The molecule has 0 aromatic carbocycles. The van der Waals surface area contributed by atoms with Crippen molar-refractivity contribution in [3.8, 4) is 0 Å². The van der Waals surface area contributed by atoms with Crippen molar-refractivity contribution < 1.29 is 23.1 Å². The molecule has 5 nitrogen and oxygen atoms in total. The van der Waals surface area contributed by atoms with E-state index in [-0.39, 0.29) is 38.0 Å². The summed E-state index contributed by atoms with van der Waals surface area (Å²) in [5, 5.41) is 9.00. The summed E-state index contributed by atoms with van der Waals surface area (Å²) in [5.74, 6) is -2.39. The van der Waals surface area contributed by atoms with E-state index in [2.05, 4.69) is 9.97 Å². The second kappa shape index (κ2) is 5.74. The number of likely N-dealkylation sites (tertiary alicyclic amines) is 1. The maximum absolute atomic E-state index is 12.5. The molecule has 1 aliphatic rings. The second-order valence-electron chi connectivity index (χ2n) is 4.78. The fraction of sp³-hybridized carbons (Fsp3) is 0.583. The number of aromatic nitrogens is 2. The largest absolute Gasteiger partial charge is 0.478 e. The zero-order chi connectivity index (χ0) is 14.8. The summed E-state index contributed by atoms with van der Waals surface area (Å²) in [6, 6.07) is 0. The van der Waals surface area contributed by atoms with Gasteiger partial charge in [-0.05, 0) is 25.9 Å². The minimum Gasteiger partial charge on any atom is -0.478 e. The Balaban J connectivity index is 1.98. The number of carboxylic acids is 1. The molecule has 1 fully saturated rings. The molecule has 2 rings (SSSR count). The van der Waals surface area contributed by atoms with Gasteiger partial charge in [0.25, 0.3) is 0 Å². The monoisotopic (exact) mass is 289 g/mol. The van der Waals surface area contributed by atoms with Crippen LogP contribution in [0.4, 0.5) is 13.2 Å². The SMILES string of the molecule is O=C(O)c1cncnc1CN1CCC(C(F)(F)F)CC1. The third-order valence-electron chi connectivity index (χ3n) is 3.45. The minimum absolute atomic E-state index is 0.00885. The molecule has 8 heteroatoms. The number of carbonyl (C=O) groups is 1. The molecule has 2 heterocycles. The number of nitrogens with zero attached hydrogens (tertiary/aromatic N) is 3. The van der Waals surface area contributed by atoms with Gasteiger partial charge in [0.1, 0.15) is 11.9 Å². The highest BCUT2D eigenvalue weighted by molar-refractivity contribution is 5.88. The number of aromatic carboxylic acids is 1. The lowest BCUT2D eigenvalue weighted by Crippen LogP contribution is -2.39. The Labute approximate surface area is 113 Å². The number of rotatable bonds is 3. The van der Waals surface area contributed by atoms with Crippen LogP contribution in [0.15, 0.2) is 12.5 Å². The van der Waals surface area contributed by atoms with Crippen LogP contribution in [0.3, 0.4) is 0 Å². The molecule has 1 aromatic heterocycles. The van der Waals surface area contributed by atoms with Crippen LogP contribution in [-0.2, 0) is 6.54 Å². The molecule has 0 spiro atoms. The molecule has 0 bridgehead atoms. The highest BCUT2D eigenvalue weighted by atomic mass is 19.4. The van der Waals surface area contributed by atoms with Crippen LogP contribution in [-0.4, -0.2) is 45.2 Å². The lowest BCUT2D eigenvalue weighted by molar-refractivity contribution is -0.185. The number of alkyl halides is 3. The number of piperidine rings is 1. The maximum Gasteiger partial charge on any atom is 0.391 e. The molecule has 110 valence electrons. The predicted octanol–water partition coefficient (Wildman–Crippen LogP) is 1.95. The topological polar surface area (TPSA) is 66.3 Å². The molecule has 0 aliphatic carbocycles. The van der Waals surface area contributed by atoms with E-state index in [9.17, 15) is 18.0 Å². The average molecular weight is 289 g/mol. The Morgan fingerprint density at radius 1 is 1.40 bits per heavy atom. The Kier molecular flexibility index (Phi) is 4.22. The Morgan fingerprint density at radius 3 is 2.60 bits per heavy atom.